The standard InChI is InChI=1S/C11H14O4/c1-15-10-5-3-2-4-8(10)9(6-7-12)11(13)14/h2-5,9,12H,6-7H2,1H3,(H,13,14). The second-order valence-electron chi connectivity index (χ2n) is 3.15. The third-order valence-electron chi connectivity index (χ3n) is 2.23. The Kier molecular flexibility index (Phi) is 4.12. The number of ether oxygens (including phenoxy) is 1. The number of hydrogen-bond acceptors (Lipinski definition) is 3. The quantitative estimate of drug-likeness (QED) is 0.767. The summed E-state index contributed by atoms with van der Waals surface area (Å²) in [6.07, 6.45) is 0.190. The Labute approximate surface area is 88.1 Å². The molecule has 1 aromatic carbocycles. The van der Waals surface area contributed by atoms with Gasteiger partial charge in [-0.3, -0.25) is 4.79 Å². The Morgan fingerprint density at radius 2 is 2.13 bits per heavy atom. The Morgan fingerprint density at radius 1 is 1.47 bits per heavy atom. The summed E-state index contributed by atoms with van der Waals surface area (Å²) in [5, 5.41) is 17.8. The zero-order chi connectivity index (χ0) is 11.3. The fraction of sp³-hybridized carbons (Fsp3) is 0.364. The van der Waals surface area contributed by atoms with E-state index in [1.807, 2.05) is 0 Å². The van der Waals surface area contributed by atoms with Gasteiger partial charge in [0.1, 0.15) is 5.75 Å². The lowest BCUT2D eigenvalue weighted by atomic mass is 9.95. The van der Waals surface area contributed by atoms with E-state index in [-0.39, 0.29) is 13.0 Å². The van der Waals surface area contributed by atoms with Gasteiger partial charge < -0.3 is 14.9 Å². The number of aliphatic hydroxyl groups excluding tert-OH is 1. The van der Waals surface area contributed by atoms with Crippen molar-refractivity contribution >= 4 is 5.97 Å². The van der Waals surface area contributed by atoms with E-state index in [1.54, 1.807) is 24.3 Å². The lowest BCUT2D eigenvalue weighted by Crippen LogP contribution is -2.14. The minimum absolute atomic E-state index is 0.158. The van der Waals surface area contributed by atoms with Crippen molar-refractivity contribution in [1.82, 2.24) is 0 Å². The minimum atomic E-state index is -0.950. The van der Waals surface area contributed by atoms with Crippen molar-refractivity contribution in [1.29, 1.82) is 0 Å². The highest BCUT2D eigenvalue weighted by molar-refractivity contribution is 5.77. The van der Waals surface area contributed by atoms with Gasteiger partial charge in [0.05, 0.1) is 13.0 Å². The van der Waals surface area contributed by atoms with Crippen LogP contribution < -0.4 is 4.74 Å². The van der Waals surface area contributed by atoms with E-state index < -0.39 is 11.9 Å². The van der Waals surface area contributed by atoms with Crippen molar-refractivity contribution in [2.75, 3.05) is 13.7 Å². The third-order valence-corrected chi connectivity index (χ3v) is 2.23. The Hall–Kier alpha value is -1.55. The van der Waals surface area contributed by atoms with Crippen LogP contribution in [0.25, 0.3) is 0 Å². The molecule has 1 aromatic rings. The zero-order valence-corrected chi connectivity index (χ0v) is 8.51. The van der Waals surface area contributed by atoms with Crippen molar-refractivity contribution < 1.29 is 19.7 Å². The SMILES string of the molecule is COc1ccccc1C(CCO)C(=O)O. The molecule has 1 unspecified atom stereocenters. The van der Waals surface area contributed by atoms with E-state index in [2.05, 4.69) is 0 Å². The maximum atomic E-state index is 11.0. The first-order valence-corrected chi connectivity index (χ1v) is 4.67. The van der Waals surface area contributed by atoms with Gasteiger partial charge in [0.25, 0.3) is 0 Å². The number of carboxylic acids is 1. The molecule has 0 radical (unpaired) electrons. The van der Waals surface area contributed by atoms with Gasteiger partial charge in [0.2, 0.25) is 0 Å². The summed E-state index contributed by atoms with van der Waals surface area (Å²) < 4.78 is 5.08. The van der Waals surface area contributed by atoms with E-state index in [1.165, 1.54) is 7.11 Å². The number of benzene rings is 1. The van der Waals surface area contributed by atoms with Crippen molar-refractivity contribution in [3.8, 4) is 5.75 Å². The van der Waals surface area contributed by atoms with E-state index in [0.29, 0.717) is 11.3 Å². The molecule has 0 aromatic heterocycles. The number of aliphatic carboxylic acids is 1. The molecule has 4 heteroatoms. The molecule has 0 saturated carbocycles. The number of para-hydroxylation sites is 1. The number of rotatable bonds is 5. The molecule has 1 rings (SSSR count). The largest absolute Gasteiger partial charge is 0.496 e. The van der Waals surface area contributed by atoms with Crippen LogP contribution in [0.2, 0.25) is 0 Å². The summed E-state index contributed by atoms with van der Waals surface area (Å²) in [5.41, 5.74) is 0.599. The highest BCUT2D eigenvalue weighted by Crippen LogP contribution is 2.28. The molecule has 0 amide bonds. The molecule has 0 aliphatic heterocycles. The van der Waals surface area contributed by atoms with Gasteiger partial charge in [-0.2, -0.15) is 0 Å². The fourth-order valence-electron chi connectivity index (χ4n) is 1.50. The predicted octanol–water partition coefficient (Wildman–Crippen LogP) is 1.25. The van der Waals surface area contributed by atoms with Crippen molar-refractivity contribution in [2.24, 2.45) is 0 Å². The van der Waals surface area contributed by atoms with Crippen LogP contribution in [0.4, 0.5) is 0 Å². The average molecular weight is 210 g/mol. The lowest BCUT2D eigenvalue weighted by Gasteiger charge is -2.14. The van der Waals surface area contributed by atoms with Crippen LogP contribution in [0, 0.1) is 0 Å². The molecule has 15 heavy (non-hydrogen) atoms. The van der Waals surface area contributed by atoms with Gasteiger partial charge in [-0.05, 0) is 12.5 Å². The topological polar surface area (TPSA) is 66.8 Å². The van der Waals surface area contributed by atoms with Crippen LogP contribution in [0.5, 0.6) is 5.75 Å². The Balaban J connectivity index is 3.04. The van der Waals surface area contributed by atoms with Crippen LogP contribution in [0.15, 0.2) is 24.3 Å². The predicted molar refractivity (Wildman–Crippen MR) is 55.1 cm³/mol. The molecule has 0 spiro atoms. The van der Waals surface area contributed by atoms with Gasteiger partial charge in [-0.15, -0.1) is 0 Å². The van der Waals surface area contributed by atoms with Crippen LogP contribution in [0.1, 0.15) is 17.9 Å². The normalized spacial score (nSPS) is 12.1. The van der Waals surface area contributed by atoms with Crippen LogP contribution in [-0.4, -0.2) is 29.9 Å². The molecule has 0 aliphatic rings. The summed E-state index contributed by atoms with van der Waals surface area (Å²) in [6, 6.07) is 6.95. The van der Waals surface area contributed by atoms with Gasteiger partial charge in [-0.1, -0.05) is 18.2 Å². The highest BCUT2D eigenvalue weighted by Gasteiger charge is 2.22. The van der Waals surface area contributed by atoms with Crippen molar-refractivity contribution in [2.45, 2.75) is 12.3 Å². The molecule has 0 bridgehead atoms. The molecule has 82 valence electrons. The number of carbonyl (C=O) groups is 1. The van der Waals surface area contributed by atoms with Crippen molar-refractivity contribution in [3.05, 3.63) is 29.8 Å². The molecule has 0 aliphatic carbocycles. The average Bonchev–Trinajstić information content (AvgIpc) is 2.25. The summed E-state index contributed by atoms with van der Waals surface area (Å²) >= 11 is 0. The van der Waals surface area contributed by atoms with E-state index in [0.717, 1.165) is 0 Å². The monoisotopic (exact) mass is 210 g/mol. The van der Waals surface area contributed by atoms with E-state index >= 15 is 0 Å². The molecule has 0 saturated heterocycles. The zero-order valence-electron chi connectivity index (χ0n) is 8.51. The number of hydrogen-bond donors (Lipinski definition) is 2. The first kappa shape index (κ1) is 11.5. The van der Waals surface area contributed by atoms with Gasteiger partial charge >= 0.3 is 5.97 Å². The molecule has 0 heterocycles. The Morgan fingerprint density at radius 3 is 2.67 bits per heavy atom. The van der Waals surface area contributed by atoms with Crippen LogP contribution >= 0.6 is 0 Å². The van der Waals surface area contributed by atoms with Gasteiger partial charge in [0, 0.05) is 12.2 Å². The number of carboxylic acid groups (broad SMARTS) is 1. The maximum absolute atomic E-state index is 11.0. The minimum Gasteiger partial charge on any atom is -0.496 e. The first-order chi connectivity index (χ1) is 7.20. The van der Waals surface area contributed by atoms with Crippen LogP contribution in [0.3, 0.4) is 0 Å². The van der Waals surface area contributed by atoms with Crippen molar-refractivity contribution in [3.63, 3.8) is 0 Å². The molecular formula is C11H14O4. The second-order valence-corrected chi connectivity index (χ2v) is 3.15. The first-order valence-electron chi connectivity index (χ1n) is 4.67. The van der Waals surface area contributed by atoms with E-state index in [9.17, 15) is 4.79 Å². The molecule has 1 atom stereocenters. The summed E-state index contributed by atoms with van der Waals surface area (Å²) in [5.74, 6) is -1.13. The Bertz CT molecular complexity index is 335. The van der Waals surface area contributed by atoms with Gasteiger partial charge in [-0.25, -0.2) is 0 Å². The van der Waals surface area contributed by atoms with E-state index in [4.69, 9.17) is 14.9 Å². The second kappa shape index (κ2) is 5.36. The molecular weight excluding hydrogens is 196 g/mol. The highest BCUT2D eigenvalue weighted by atomic mass is 16.5. The molecule has 4 nitrogen and oxygen atoms in total. The smallest absolute Gasteiger partial charge is 0.311 e. The summed E-state index contributed by atoms with van der Waals surface area (Å²) in [4.78, 5) is 11.0. The summed E-state index contributed by atoms with van der Waals surface area (Å²) in [7, 11) is 1.50. The number of aliphatic hydroxyl groups is 1. The maximum Gasteiger partial charge on any atom is 0.311 e. The lowest BCUT2D eigenvalue weighted by molar-refractivity contribution is -0.139. The summed E-state index contributed by atoms with van der Waals surface area (Å²) in [6.45, 7) is -0.158. The number of methoxy groups -OCH3 is 1. The third kappa shape index (κ3) is 2.70. The van der Waals surface area contributed by atoms with Crippen LogP contribution in [-0.2, 0) is 4.79 Å². The molecule has 2 N–H and O–H groups in total. The fourth-order valence-corrected chi connectivity index (χ4v) is 1.50. The molecule has 0 fully saturated rings. The van der Waals surface area contributed by atoms with Gasteiger partial charge in [0.15, 0.2) is 0 Å².